The highest BCUT2D eigenvalue weighted by Crippen LogP contribution is 2.34. The van der Waals surface area contributed by atoms with Crippen molar-refractivity contribution >= 4 is 11.7 Å². The standard InChI is InChI=1S/C19H19F3N4O/c1-10-11(2)17(24-15-9-25(3)18(27)16(10)15)26-5-4-14-12(8-26)6-13(7-23-14)19(20,21)22/h6-7H,4-5,8-9H2,1-3H3. The molecule has 0 unspecified atom stereocenters. The maximum atomic E-state index is 13.0. The van der Waals surface area contributed by atoms with E-state index in [1.165, 1.54) is 6.07 Å². The highest BCUT2D eigenvalue weighted by Gasteiger charge is 2.34. The number of aromatic nitrogens is 2. The highest BCUT2D eigenvalue weighted by molar-refractivity contribution is 5.99. The molecule has 0 saturated carbocycles. The molecule has 5 nitrogen and oxygen atoms in total. The molecule has 2 aromatic heterocycles. The number of carbonyl (C=O) groups is 1. The summed E-state index contributed by atoms with van der Waals surface area (Å²) >= 11 is 0. The topological polar surface area (TPSA) is 49.3 Å². The number of halogens is 3. The highest BCUT2D eigenvalue weighted by atomic mass is 19.4. The van der Waals surface area contributed by atoms with Crippen molar-refractivity contribution in [3.63, 3.8) is 0 Å². The van der Waals surface area contributed by atoms with E-state index in [1.54, 1.807) is 11.9 Å². The second-order valence-corrected chi connectivity index (χ2v) is 7.17. The predicted molar refractivity (Wildman–Crippen MR) is 93.5 cm³/mol. The maximum absolute atomic E-state index is 13.0. The van der Waals surface area contributed by atoms with Gasteiger partial charge in [-0.1, -0.05) is 0 Å². The Bertz CT molecular complexity index is 955. The minimum absolute atomic E-state index is 0.0346. The molecule has 2 aliphatic heterocycles. The van der Waals surface area contributed by atoms with Gasteiger partial charge in [0.15, 0.2) is 0 Å². The van der Waals surface area contributed by atoms with Gasteiger partial charge in [-0.2, -0.15) is 13.2 Å². The average molecular weight is 376 g/mol. The van der Waals surface area contributed by atoms with Crippen LogP contribution in [-0.4, -0.2) is 34.4 Å². The van der Waals surface area contributed by atoms with Crippen molar-refractivity contribution in [2.45, 2.75) is 39.5 Å². The van der Waals surface area contributed by atoms with Crippen LogP contribution in [0.25, 0.3) is 0 Å². The summed E-state index contributed by atoms with van der Waals surface area (Å²) in [7, 11) is 1.74. The monoisotopic (exact) mass is 376 g/mol. The first kappa shape index (κ1) is 17.8. The molecule has 0 aliphatic carbocycles. The van der Waals surface area contributed by atoms with Gasteiger partial charge >= 0.3 is 6.18 Å². The van der Waals surface area contributed by atoms with Crippen LogP contribution in [-0.2, 0) is 25.7 Å². The third-order valence-corrected chi connectivity index (χ3v) is 5.42. The van der Waals surface area contributed by atoms with Crippen LogP contribution >= 0.6 is 0 Å². The minimum Gasteiger partial charge on any atom is -0.352 e. The Hall–Kier alpha value is -2.64. The van der Waals surface area contributed by atoms with Crippen LogP contribution in [0.5, 0.6) is 0 Å². The molecule has 0 spiro atoms. The molecule has 0 bridgehead atoms. The number of pyridine rings is 2. The van der Waals surface area contributed by atoms with Crippen molar-refractivity contribution in [3.8, 4) is 0 Å². The molecule has 0 saturated heterocycles. The Balaban J connectivity index is 1.72. The number of hydrogen-bond acceptors (Lipinski definition) is 4. The molecular formula is C19H19F3N4O. The molecule has 2 aliphatic rings. The fourth-order valence-electron chi connectivity index (χ4n) is 3.79. The molecule has 27 heavy (non-hydrogen) atoms. The quantitative estimate of drug-likeness (QED) is 0.767. The molecule has 0 atom stereocenters. The molecule has 2 aromatic rings. The predicted octanol–water partition coefficient (Wildman–Crippen LogP) is 3.26. The average Bonchev–Trinajstić information content (AvgIpc) is 2.90. The molecule has 0 aromatic carbocycles. The van der Waals surface area contributed by atoms with E-state index >= 15 is 0 Å². The third-order valence-electron chi connectivity index (χ3n) is 5.42. The molecule has 1 amide bonds. The van der Waals surface area contributed by atoms with Gasteiger partial charge in [0, 0.05) is 38.4 Å². The number of hydrogen-bond donors (Lipinski definition) is 0. The first-order valence-corrected chi connectivity index (χ1v) is 8.72. The maximum Gasteiger partial charge on any atom is 0.417 e. The van der Waals surface area contributed by atoms with Crippen LogP contribution in [0, 0.1) is 13.8 Å². The zero-order valence-electron chi connectivity index (χ0n) is 15.3. The summed E-state index contributed by atoms with van der Waals surface area (Å²) in [6, 6.07) is 1.18. The number of carbonyl (C=O) groups excluding carboxylic acids is 1. The van der Waals surface area contributed by atoms with Gasteiger partial charge in [0.25, 0.3) is 5.91 Å². The van der Waals surface area contributed by atoms with Crippen LogP contribution in [0.2, 0.25) is 0 Å². The molecule has 8 heteroatoms. The van der Waals surface area contributed by atoms with Crippen LogP contribution in [0.1, 0.15) is 44.0 Å². The van der Waals surface area contributed by atoms with E-state index in [9.17, 15) is 18.0 Å². The Morgan fingerprint density at radius 2 is 1.85 bits per heavy atom. The lowest BCUT2D eigenvalue weighted by atomic mass is 10.00. The molecule has 0 fully saturated rings. The summed E-state index contributed by atoms with van der Waals surface area (Å²) in [5, 5.41) is 0. The normalized spacial score (nSPS) is 16.6. The number of fused-ring (bicyclic) bond motifs is 2. The smallest absolute Gasteiger partial charge is 0.352 e. The van der Waals surface area contributed by atoms with Gasteiger partial charge in [-0.25, -0.2) is 4.98 Å². The zero-order valence-corrected chi connectivity index (χ0v) is 15.3. The lowest BCUT2D eigenvalue weighted by Gasteiger charge is -2.31. The fraction of sp³-hybridized carbons (Fsp3) is 0.421. The van der Waals surface area contributed by atoms with Gasteiger partial charge < -0.3 is 9.80 Å². The van der Waals surface area contributed by atoms with Crippen LogP contribution in [0.4, 0.5) is 19.0 Å². The lowest BCUT2D eigenvalue weighted by Crippen LogP contribution is -2.33. The largest absolute Gasteiger partial charge is 0.417 e. The van der Waals surface area contributed by atoms with Crippen molar-refractivity contribution < 1.29 is 18.0 Å². The van der Waals surface area contributed by atoms with Crippen LogP contribution in [0.3, 0.4) is 0 Å². The van der Waals surface area contributed by atoms with Gasteiger partial charge in [-0.05, 0) is 36.6 Å². The molecule has 0 N–H and O–H groups in total. The summed E-state index contributed by atoms with van der Waals surface area (Å²) in [6.45, 7) is 5.21. The number of nitrogens with zero attached hydrogens (tertiary/aromatic N) is 4. The number of anilines is 1. The SMILES string of the molecule is Cc1c(N2CCc3ncc(C(F)(F)F)cc3C2)nc2c(c1C)C(=O)N(C)C2. The molecule has 142 valence electrons. The van der Waals surface area contributed by atoms with E-state index in [0.717, 1.165) is 28.8 Å². The number of alkyl halides is 3. The fourth-order valence-corrected chi connectivity index (χ4v) is 3.79. The van der Waals surface area contributed by atoms with Crippen molar-refractivity contribution in [1.29, 1.82) is 0 Å². The zero-order chi connectivity index (χ0) is 19.5. The Labute approximate surface area is 154 Å². The molecular weight excluding hydrogens is 357 g/mol. The lowest BCUT2D eigenvalue weighted by molar-refractivity contribution is -0.137. The van der Waals surface area contributed by atoms with Gasteiger partial charge in [-0.3, -0.25) is 9.78 Å². The van der Waals surface area contributed by atoms with E-state index in [-0.39, 0.29) is 5.91 Å². The van der Waals surface area contributed by atoms with Crippen LogP contribution < -0.4 is 4.90 Å². The Kier molecular flexibility index (Phi) is 3.90. The van der Waals surface area contributed by atoms with E-state index in [4.69, 9.17) is 4.98 Å². The van der Waals surface area contributed by atoms with Gasteiger partial charge in [0.2, 0.25) is 0 Å². The second kappa shape index (κ2) is 5.94. The summed E-state index contributed by atoms with van der Waals surface area (Å²) in [4.78, 5) is 24.6. The van der Waals surface area contributed by atoms with Crippen molar-refractivity contribution in [3.05, 3.63) is 51.5 Å². The third kappa shape index (κ3) is 2.83. The number of amides is 1. The van der Waals surface area contributed by atoms with Crippen molar-refractivity contribution in [1.82, 2.24) is 14.9 Å². The van der Waals surface area contributed by atoms with Gasteiger partial charge in [-0.15, -0.1) is 0 Å². The van der Waals surface area contributed by atoms with E-state index in [1.807, 2.05) is 18.7 Å². The van der Waals surface area contributed by atoms with E-state index in [2.05, 4.69) is 4.98 Å². The van der Waals surface area contributed by atoms with Crippen molar-refractivity contribution in [2.24, 2.45) is 0 Å². The molecule has 4 heterocycles. The summed E-state index contributed by atoms with van der Waals surface area (Å²) in [5.74, 6) is 0.699. The second-order valence-electron chi connectivity index (χ2n) is 7.17. The molecule has 4 rings (SSSR count). The first-order valence-electron chi connectivity index (χ1n) is 8.72. The van der Waals surface area contributed by atoms with E-state index in [0.29, 0.717) is 42.9 Å². The van der Waals surface area contributed by atoms with Crippen LogP contribution in [0.15, 0.2) is 12.3 Å². The van der Waals surface area contributed by atoms with Gasteiger partial charge in [0.05, 0.1) is 23.4 Å². The van der Waals surface area contributed by atoms with E-state index < -0.39 is 11.7 Å². The summed E-state index contributed by atoms with van der Waals surface area (Å²) in [5.41, 5.74) is 3.70. The number of rotatable bonds is 1. The van der Waals surface area contributed by atoms with Crippen molar-refractivity contribution in [2.75, 3.05) is 18.5 Å². The Morgan fingerprint density at radius 3 is 2.56 bits per heavy atom. The summed E-state index contributed by atoms with van der Waals surface area (Å²) < 4.78 is 39.0. The molecule has 0 radical (unpaired) electrons. The van der Waals surface area contributed by atoms with Gasteiger partial charge in [0.1, 0.15) is 5.82 Å². The first-order chi connectivity index (χ1) is 12.7. The summed E-state index contributed by atoms with van der Waals surface area (Å²) in [6.07, 6.45) is -2.95. The Morgan fingerprint density at radius 1 is 1.11 bits per heavy atom. The minimum atomic E-state index is -4.41.